The van der Waals surface area contributed by atoms with Crippen LogP contribution in [0.1, 0.15) is 89.7 Å². The molecule has 0 saturated carbocycles. The summed E-state index contributed by atoms with van der Waals surface area (Å²) in [4.78, 5) is 140. The third kappa shape index (κ3) is 22.9. The third-order valence-electron chi connectivity index (χ3n) is 13.2. The molecule has 1 fully saturated rings. The zero-order chi connectivity index (χ0) is 60.3. The van der Waals surface area contributed by atoms with Gasteiger partial charge in [0.1, 0.15) is 54.4 Å². The molecule has 3 rings (SSSR count). The Kier molecular flexibility index (Phi) is 29.7. The highest BCUT2D eigenvalue weighted by atomic mass is 35.5. The van der Waals surface area contributed by atoms with Gasteiger partial charge in [-0.3, -0.25) is 47.9 Å². The molecule has 22 N–H and O–H groups in total. The van der Waals surface area contributed by atoms with Gasteiger partial charge in [-0.15, -0.1) is 0 Å². The monoisotopic (exact) mass is 1160 g/mol. The highest BCUT2D eigenvalue weighted by Gasteiger charge is 2.37. The Morgan fingerprint density at radius 3 is 1.73 bits per heavy atom. The van der Waals surface area contributed by atoms with Crippen LogP contribution in [0.25, 0.3) is 0 Å². The number of nitrogens with one attached hydrogen (secondary N) is 10. The summed E-state index contributed by atoms with van der Waals surface area (Å²) in [5.74, 6) is -9.79. The zero-order valence-electron chi connectivity index (χ0n) is 46.3. The minimum Gasteiger partial charge on any atom is -0.391 e. The summed E-state index contributed by atoms with van der Waals surface area (Å²) in [6.07, 6.45) is -3.93. The molecule has 450 valence electrons. The fraction of sp³-hybridized carbons (Fsp3) is 0.585. The molecule has 1 aliphatic rings. The van der Waals surface area contributed by atoms with Gasteiger partial charge in [0, 0.05) is 36.9 Å². The van der Waals surface area contributed by atoms with Crippen molar-refractivity contribution in [2.24, 2.45) is 34.6 Å². The Hall–Kier alpha value is -6.85. The average molecular weight is 1160 g/mol. The molecule has 12 atom stereocenters. The van der Waals surface area contributed by atoms with Crippen LogP contribution in [0.5, 0.6) is 0 Å². The number of carbonyl (C=O) groups is 10. The topological polar surface area (TPSA) is 462 Å². The highest BCUT2D eigenvalue weighted by Crippen LogP contribution is 2.22. The van der Waals surface area contributed by atoms with Crippen molar-refractivity contribution < 1.29 is 58.2 Å². The van der Waals surface area contributed by atoms with Gasteiger partial charge in [0.2, 0.25) is 59.1 Å². The van der Waals surface area contributed by atoms with E-state index >= 15 is 0 Å². The molecular weight excluding hydrogens is 1070 g/mol. The zero-order valence-corrected chi connectivity index (χ0v) is 47.1. The van der Waals surface area contributed by atoms with E-state index in [0.29, 0.717) is 16.1 Å². The van der Waals surface area contributed by atoms with Crippen molar-refractivity contribution in [3.63, 3.8) is 0 Å². The van der Waals surface area contributed by atoms with Crippen LogP contribution in [-0.4, -0.2) is 175 Å². The molecule has 0 aromatic heterocycles. The first-order valence-corrected chi connectivity index (χ1v) is 27.5. The average Bonchev–Trinajstić information content (AvgIpc) is 3.43. The number of aliphatic hydroxyl groups excluding tert-OH is 2. The van der Waals surface area contributed by atoms with E-state index in [1.165, 1.54) is 13.8 Å². The molecule has 27 nitrogen and oxygen atoms in total. The Labute approximate surface area is 476 Å². The molecule has 28 heteroatoms. The van der Waals surface area contributed by atoms with Crippen molar-refractivity contribution in [3.05, 3.63) is 70.7 Å². The van der Waals surface area contributed by atoms with Gasteiger partial charge >= 0.3 is 0 Å². The van der Waals surface area contributed by atoms with Crippen LogP contribution < -0.4 is 81.8 Å². The predicted molar refractivity (Wildman–Crippen MR) is 301 cm³/mol. The number of amides is 10. The van der Waals surface area contributed by atoms with E-state index in [1.54, 1.807) is 68.4 Å². The number of benzene rings is 2. The van der Waals surface area contributed by atoms with E-state index in [-0.39, 0.29) is 77.0 Å². The Balaban J connectivity index is 2.08. The van der Waals surface area contributed by atoms with Crippen LogP contribution in [0, 0.1) is 5.92 Å². The standard InChI is InChI=1S/C53H84ClN15O12/c1-28(2)22-39-49(77)61-35(14-9-18-55)45(73)63-37(16-20-57)48(76)69-43(29(3)70)52(80)60-21-17-38(47(75)62-36(15-19-56)46(74)66-40(50(78)65-39)23-31-10-6-5-7-11-31)64-51(79)41(27-59)67-53(81)44(30(4)71)68-42(72)25-33(26-58)32-12-8-13-34(54)24-32/h5-8,10-13,24,28-30,33,35-41,43-44,70-71H,9,14-23,25-27,55-59H2,1-4H3,(H,60,80)(H,61,77)(H,62,75)(H,63,73)(H,64,79)(H,65,78)(H,66,74)(H,67,81)(H,68,72)(H,69,76)/t29-,30-,33?,35+,36+,37+,38+,39+,40-,41+,43+,44+/m1/s1. The van der Waals surface area contributed by atoms with Gasteiger partial charge in [0.25, 0.3) is 0 Å². The summed E-state index contributed by atoms with van der Waals surface area (Å²) < 4.78 is 0. The molecule has 0 aliphatic carbocycles. The molecule has 0 bridgehead atoms. The van der Waals surface area contributed by atoms with Gasteiger partial charge < -0.3 is 92.0 Å². The number of nitrogens with two attached hydrogens (primary N) is 5. The highest BCUT2D eigenvalue weighted by molar-refractivity contribution is 6.30. The van der Waals surface area contributed by atoms with Crippen molar-refractivity contribution in [3.8, 4) is 0 Å². The SMILES string of the molecule is CC(C)C[C@@H]1NC(=O)[C@@H](Cc2ccccc2)NC(=O)[C@H](CCN)NC(=O)[C@@H](NC(=O)[C@H](CN)NC(=O)[C@@H](NC(=O)CC(CN)c2cccc(Cl)c2)[C@@H](C)O)CCNC(=O)[C@H]([C@@H](C)O)NC(=O)[C@H](CCN)NC(=O)[C@H](CCCN)NC1=O. The lowest BCUT2D eigenvalue weighted by molar-refractivity contribution is -0.136. The number of carbonyl (C=O) groups excluding carboxylic acids is 10. The lowest BCUT2D eigenvalue weighted by Crippen LogP contribution is -2.62. The second kappa shape index (κ2) is 35.1. The molecule has 1 heterocycles. The van der Waals surface area contributed by atoms with Crippen LogP contribution in [0.4, 0.5) is 0 Å². The van der Waals surface area contributed by atoms with Gasteiger partial charge in [-0.1, -0.05) is 67.9 Å². The van der Waals surface area contributed by atoms with Crippen LogP contribution in [0.2, 0.25) is 5.02 Å². The van der Waals surface area contributed by atoms with Crippen LogP contribution in [-0.2, 0) is 54.4 Å². The summed E-state index contributed by atoms with van der Waals surface area (Å²) in [6.45, 7) is 4.79. The fourth-order valence-electron chi connectivity index (χ4n) is 8.69. The van der Waals surface area contributed by atoms with E-state index in [0.717, 1.165) is 0 Å². The van der Waals surface area contributed by atoms with E-state index in [9.17, 15) is 58.2 Å². The predicted octanol–water partition coefficient (Wildman–Crippen LogP) is -4.90. The Bertz CT molecular complexity index is 2420. The summed E-state index contributed by atoms with van der Waals surface area (Å²) in [5, 5.41) is 47.3. The van der Waals surface area contributed by atoms with E-state index < -0.39 is 151 Å². The fourth-order valence-corrected chi connectivity index (χ4v) is 8.89. The lowest BCUT2D eigenvalue weighted by Gasteiger charge is -2.28. The number of hydrogen-bond donors (Lipinski definition) is 17. The largest absolute Gasteiger partial charge is 0.391 e. The maximum absolute atomic E-state index is 14.4. The molecule has 2 aromatic rings. The van der Waals surface area contributed by atoms with Gasteiger partial charge in [0.05, 0.1) is 12.2 Å². The van der Waals surface area contributed by atoms with Gasteiger partial charge in [0.15, 0.2) is 0 Å². The summed E-state index contributed by atoms with van der Waals surface area (Å²) in [6, 6.07) is 1.80. The van der Waals surface area contributed by atoms with Crippen LogP contribution in [0.3, 0.4) is 0 Å². The van der Waals surface area contributed by atoms with Gasteiger partial charge in [-0.05, 0) is 108 Å². The van der Waals surface area contributed by atoms with Crippen LogP contribution in [0.15, 0.2) is 54.6 Å². The van der Waals surface area contributed by atoms with Crippen molar-refractivity contribution in [1.82, 2.24) is 53.2 Å². The molecule has 10 amide bonds. The first kappa shape index (κ1) is 68.4. The number of aliphatic hydroxyl groups is 2. The van der Waals surface area contributed by atoms with Gasteiger partial charge in [-0.2, -0.15) is 0 Å². The molecule has 1 unspecified atom stereocenters. The first-order valence-electron chi connectivity index (χ1n) is 27.1. The lowest BCUT2D eigenvalue weighted by atomic mass is 9.95. The van der Waals surface area contributed by atoms with Gasteiger partial charge in [-0.25, -0.2) is 0 Å². The maximum Gasteiger partial charge on any atom is 0.245 e. The quantitative estimate of drug-likeness (QED) is 0.0496. The van der Waals surface area contributed by atoms with Crippen LogP contribution >= 0.6 is 11.6 Å². The molecule has 0 radical (unpaired) electrons. The normalized spacial score (nSPS) is 23.1. The molecule has 0 spiro atoms. The smallest absolute Gasteiger partial charge is 0.245 e. The molecule has 2 aromatic carbocycles. The minimum absolute atomic E-state index is 0.00216. The van der Waals surface area contributed by atoms with Crippen molar-refractivity contribution in [2.45, 2.75) is 152 Å². The third-order valence-corrected chi connectivity index (χ3v) is 13.4. The molecule has 1 saturated heterocycles. The summed E-state index contributed by atoms with van der Waals surface area (Å²) in [5.41, 5.74) is 30.8. The number of halogens is 1. The Morgan fingerprint density at radius 2 is 1.19 bits per heavy atom. The molecule has 81 heavy (non-hydrogen) atoms. The van der Waals surface area contributed by atoms with Crippen molar-refractivity contribution in [1.29, 1.82) is 0 Å². The number of rotatable bonds is 23. The molecular formula is C53H84ClN15O12. The second-order valence-electron chi connectivity index (χ2n) is 20.4. The van der Waals surface area contributed by atoms with E-state index in [1.807, 2.05) is 0 Å². The van der Waals surface area contributed by atoms with Crippen molar-refractivity contribution in [2.75, 3.05) is 39.3 Å². The molecule has 1 aliphatic heterocycles. The first-order chi connectivity index (χ1) is 38.5. The number of hydrogen-bond acceptors (Lipinski definition) is 17. The second-order valence-corrected chi connectivity index (χ2v) is 20.8. The van der Waals surface area contributed by atoms with E-state index in [4.69, 9.17) is 40.3 Å². The van der Waals surface area contributed by atoms with Crippen molar-refractivity contribution >= 4 is 70.7 Å². The maximum atomic E-state index is 14.4. The Morgan fingerprint density at radius 1 is 0.630 bits per heavy atom. The summed E-state index contributed by atoms with van der Waals surface area (Å²) in [7, 11) is 0. The van der Waals surface area contributed by atoms with E-state index in [2.05, 4.69) is 53.2 Å². The summed E-state index contributed by atoms with van der Waals surface area (Å²) >= 11 is 6.14. The minimum atomic E-state index is -1.68.